The van der Waals surface area contributed by atoms with Crippen molar-refractivity contribution >= 4 is 27.1 Å². The van der Waals surface area contributed by atoms with Gasteiger partial charge in [-0.3, -0.25) is 4.98 Å². The monoisotopic (exact) mass is 207 g/mol. The van der Waals surface area contributed by atoms with Crippen LogP contribution in [0.25, 0.3) is 10.1 Å². The summed E-state index contributed by atoms with van der Waals surface area (Å²) < 4.78 is 1.25. The molecule has 0 saturated carbocycles. The van der Waals surface area contributed by atoms with Gasteiger partial charge in [-0.15, -0.1) is 11.3 Å². The highest BCUT2D eigenvalue weighted by molar-refractivity contribution is 7.19. The molecule has 3 nitrogen and oxygen atoms in total. The van der Waals surface area contributed by atoms with E-state index in [2.05, 4.69) is 9.88 Å². The van der Waals surface area contributed by atoms with Crippen LogP contribution >= 0.6 is 11.3 Å². The Morgan fingerprint density at radius 3 is 2.93 bits per heavy atom. The normalized spacial score (nSPS) is 10.8. The highest BCUT2D eigenvalue weighted by Crippen LogP contribution is 2.36. The number of anilines is 1. The number of hydrogen-bond donors (Lipinski definition) is 1. The molecule has 74 valence electrons. The van der Waals surface area contributed by atoms with Gasteiger partial charge < -0.3 is 10.6 Å². The molecule has 0 aliphatic heterocycles. The molecule has 0 saturated heterocycles. The molecule has 14 heavy (non-hydrogen) atoms. The van der Waals surface area contributed by atoms with Crippen LogP contribution in [0.2, 0.25) is 0 Å². The number of nitrogens with two attached hydrogens (primary N) is 1. The summed E-state index contributed by atoms with van der Waals surface area (Å²) in [7, 11) is 4.07. The third kappa shape index (κ3) is 1.36. The van der Waals surface area contributed by atoms with E-state index >= 15 is 0 Å². The maximum Gasteiger partial charge on any atom is 0.0611 e. The molecular weight excluding hydrogens is 194 g/mol. The van der Waals surface area contributed by atoms with Crippen molar-refractivity contribution in [3.63, 3.8) is 0 Å². The van der Waals surface area contributed by atoms with Gasteiger partial charge in [0, 0.05) is 48.0 Å². The first-order chi connectivity index (χ1) is 6.74. The predicted molar refractivity (Wildman–Crippen MR) is 61.8 cm³/mol. The van der Waals surface area contributed by atoms with Crippen molar-refractivity contribution < 1.29 is 0 Å². The lowest BCUT2D eigenvalue weighted by Gasteiger charge is -2.13. The maximum absolute atomic E-state index is 5.72. The highest BCUT2D eigenvalue weighted by atomic mass is 32.1. The van der Waals surface area contributed by atoms with Crippen LogP contribution in [0.4, 0.5) is 5.69 Å². The molecule has 2 aromatic heterocycles. The summed E-state index contributed by atoms with van der Waals surface area (Å²) in [6.45, 7) is 0.590. The van der Waals surface area contributed by atoms with Gasteiger partial charge in [-0.1, -0.05) is 0 Å². The first kappa shape index (κ1) is 9.43. The van der Waals surface area contributed by atoms with Gasteiger partial charge in [0.25, 0.3) is 0 Å². The van der Waals surface area contributed by atoms with E-state index in [1.54, 1.807) is 11.3 Å². The molecule has 0 bridgehead atoms. The zero-order chi connectivity index (χ0) is 10.1. The largest absolute Gasteiger partial charge is 0.376 e. The van der Waals surface area contributed by atoms with Gasteiger partial charge in [0.1, 0.15) is 0 Å². The third-order valence-electron chi connectivity index (χ3n) is 2.17. The lowest BCUT2D eigenvalue weighted by atomic mass is 10.2. The molecule has 2 N–H and O–H groups in total. The average molecular weight is 207 g/mol. The molecule has 2 aromatic rings. The number of thiophene rings is 1. The van der Waals surface area contributed by atoms with Crippen LogP contribution in [0.15, 0.2) is 18.5 Å². The van der Waals surface area contributed by atoms with Crippen molar-refractivity contribution in [3.8, 4) is 0 Å². The van der Waals surface area contributed by atoms with E-state index in [4.69, 9.17) is 5.73 Å². The Hall–Kier alpha value is -1.13. The van der Waals surface area contributed by atoms with Crippen molar-refractivity contribution in [3.05, 3.63) is 23.3 Å². The Morgan fingerprint density at radius 1 is 1.50 bits per heavy atom. The zero-order valence-electron chi connectivity index (χ0n) is 8.32. The molecule has 0 aromatic carbocycles. The van der Waals surface area contributed by atoms with Crippen LogP contribution in [-0.2, 0) is 6.54 Å². The molecule has 0 amide bonds. The highest BCUT2D eigenvalue weighted by Gasteiger charge is 2.11. The lowest BCUT2D eigenvalue weighted by Crippen LogP contribution is -2.11. The molecule has 4 heteroatoms. The van der Waals surface area contributed by atoms with Gasteiger partial charge in [-0.05, 0) is 6.07 Å². The summed E-state index contributed by atoms with van der Waals surface area (Å²) in [6, 6.07) is 2.03. The number of hydrogen-bond acceptors (Lipinski definition) is 4. The van der Waals surface area contributed by atoms with Crippen LogP contribution in [-0.4, -0.2) is 19.1 Å². The van der Waals surface area contributed by atoms with Crippen molar-refractivity contribution in [1.82, 2.24) is 4.98 Å². The fraction of sp³-hybridized carbons (Fsp3) is 0.300. The molecule has 2 rings (SSSR count). The molecule has 0 aliphatic carbocycles. The van der Waals surface area contributed by atoms with Crippen LogP contribution in [0, 0.1) is 0 Å². The van der Waals surface area contributed by atoms with Crippen LogP contribution in [0.3, 0.4) is 0 Å². The second kappa shape index (κ2) is 3.55. The molecule has 0 spiro atoms. The summed E-state index contributed by atoms with van der Waals surface area (Å²) in [5.41, 5.74) is 6.92. The van der Waals surface area contributed by atoms with Crippen molar-refractivity contribution in [2.75, 3.05) is 19.0 Å². The number of aromatic nitrogens is 1. The SMILES string of the molecule is CN(C)c1c(CN)sc2ccncc12. The van der Waals surface area contributed by atoms with Crippen molar-refractivity contribution in [2.45, 2.75) is 6.54 Å². The molecule has 0 unspecified atom stereocenters. The van der Waals surface area contributed by atoms with E-state index in [1.165, 1.54) is 20.7 Å². The van der Waals surface area contributed by atoms with E-state index in [-0.39, 0.29) is 0 Å². The van der Waals surface area contributed by atoms with Gasteiger partial charge >= 0.3 is 0 Å². The standard InChI is InChI=1S/C10H13N3S/c1-13(2)10-7-6-12-4-3-8(7)14-9(10)5-11/h3-4,6H,5,11H2,1-2H3. The average Bonchev–Trinajstić information content (AvgIpc) is 2.55. The van der Waals surface area contributed by atoms with Gasteiger partial charge in [-0.2, -0.15) is 0 Å². The summed E-state index contributed by atoms with van der Waals surface area (Å²) in [5, 5.41) is 1.20. The second-order valence-corrected chi connectivity index (χ2v) is 4.48. The van der Waals surface area contributed by atoms with E-state index in [1.807, 2.05) is 32.6 Å². The quantitative estimate of drug-likeness (QED) is 0.816. The zero-order valence-corrected chi connectivity index (χ0v) is 9.14. The van der Waals surface area contributed by atoms with E-state index in [0.717, 1.165) is 0 Å². The minimum absolute atomic E-state index is 0.590. The van der Waals surface area contributed by atoms with Crippen LogP contribution < -0.4 is 10.6 Å². The fourth-order valence-electron chi connectivity index (χ4n) is 1.61. The Kier molecular flexibility index (Phi) is 2.39. The summed E-state index contributed by atoms with van der Waals surface area (Å²) in [4.78, 5) is 7.46. The number of nitrogens with zero attached hydrogens (tertiary/aromatic N) is 2. The van der Waals surface area contributed by atoms with Gasteiger partial charge in [0.05, 0.1) is 5.69 Å². The molecule has 0 aliphatic rings. The number of fused-ring (bicyclic) bond motifs is 1. The van der Waals surface area contributed by atoms with Crippen LogP contribution in [0.5, 0.6) is 0 Å². The minimum Gasteiger partial charge on any atom is -0.376 e. The maximum atomic E-state index is 5.72. The van der Waals surface area contributed by atoms with Gasteiger partial charge in [0.15, 0.2) is 0 Å². The van der Waals surface area contributed by atoms with E-state index in [0.29, 0.717) is 6.54 Å². The van der Waals surface area contributed by atoms with E-state index < -0.39 is 0 Å². The van der Waals surface area contributed by atoms with E-state index in [9.17, 15) is 0 Å². The lowest BCUT2D eigenvalue weighted by molar-refractivity contribution is 1.06. The smallest absolute Gasteiger partial charge is 0.0611 e. The minimum atomic E-state index is 0.590. The Balaban J connectivity index is 2.74. The third-order valence-corrected chi connectivity index (χ3v) is 3.35. The van der Waals surface area contributed by atoms with Crippen LogP contribution in [0.1, 0.15) is 4.88 Å². The molecule has 0 radical (unpaired) electrons. The summed E-state index contributed by atoms with van der Waals surface area (Å²) >= 11 is 1.75. The van der Waals surface area contributed by atoms with Crippen molar-refractivity contribution in [1.29, 1.82) is 0 Å². The fourth-order valence-corrected chi connectivity index (χ4v) is 2.73. The predicted octanol–water partition coefficient (Wildman–Crippen LogP) is 1.82. The second-order valence-electron chi connectivity index (χ2n) is 3.34. The topological polar surface area (TPSA) is 42.1 Å². The molecule has 2 heterocycles. The molecular formula is C10H13N3S. The molecule has 0 fully saturated rings. The van der Waals surface area contributed by atoms with Gasteiger partial charge in [-0.25, -0.2) is 0 Å². The Bertz CT molecular complexity index is 448. The van der Waals surface area contributed by atoms with Gasteiger partial charge in [0.2, 0.25) is 0 Å². The number of pyridine rings is 1. The first-order valence-electron chi connectivity index (χ1n) is 4.47. The number of rotatable bonds is 2. The van der Waals surface area contributed by atoms with Crippen molar-refractivity contribution in [2.24, 2.45) is 5.73 Å². The Morgan fingerprint density at radius 2 is 2.29 bits per heavy atom. The summed E-state index contributed by atoms with van der Waals surface area (Å²) in [5.74, 6) is 0. The Labute approximate surface area is 87.2 Å². The summed E-state index contributed by atoms with van der Waals surface area (Å²) in [6.07, 6.45) is 3.72. The molecule has 0 atom stereocenters. The first-order valence-corrected chi connectivity index (χ1v) is 5.28.